The molecule has 0 spiro atoms. The number of carbonyl (C=O) groups is 2. The summed E-state index contributed by atoms with van der Waals surface area (Å²) in [5.74, 6) is 0.0433. The normalized spacial score (nSPS) is 20.2. The quantitative estimate of drug-likeness (QED) is 0.658. The fraction of sp³-hybridized carbons (Fsp3) is 0.480. The zero-order valence-corrected chi connectivity index (χ0v) is 19.4. The van der Waals surface area contributed by atoms with Gasteiger partial charge >= 0.3 is 12.1 Å². The summed E-state index contributed by atoms with van der Waals surface area (Å²) < 4.78 is 18.7. The predicted molar refractivity (Wildman–Crippen MR) is 123 cm³/mol. The largest absolute Gasteiger partial charge is 0.444 e. The summed E-state index contributed by atoms with van der Waals surface area (Å²) in [6.07, 6.45) is 4.62. The van der Waals surface area contributed by atoms with Crippen molar-refractivity contribution in [3.8, 4) is 0 Å². The van der Waals surface area contributed by atoms with Crippen molar-refractivity contribution in [2.24, 2.45) is 0 Å². The number of rotatable bonds is 3. The third-order valence-electron chi connectivity index (χ3n) is 6.10. The Morgan fingerprint density at radius 1 is 1.09 bits per heavy atom. The standard InChI is InChI=1S/C25H31FN4O3/c1-25(2,3)33-24(32)29-21-10-6-17(7-11-21)16-4-8-20(9-5-16)28-23(31)30-14-18-12-19(26)13-27-22(18)15-30/h4-5,8-9,12-13,17,21H,6-7,10-11,14-15H2,1-3H3,(H,28,31)(H,29,32). The highest BCUT2D eigenvalue weighted by molar-refractivity contribution is 5.89. The molecule has 4 rings (SSSR count). The van der Waals surface area contributed by atoms with Gasteiger partial charge in [-0.3, -0.25) is 4.98 Å². The molecule has 1 fully saturated rings. The van der Waals surface area contributed by atoms with Crippen LogP contribution in [0.15, 0.2) is 36.5 Å². The lowest BCUT2D eigenvalue weighted by Crippen LogP contribution is -2.40. The van der Waals surface area contributed by atoms with Gasteiger partial charge in [-0.2, -0.15) is 0 Å². The van der Waals surface area contributed by atoms with E-state index in [2.05, 4.69) is 27.8 Å². The number of nitrogens with zero attached hydrogens (tertiary/aromatic N) is 2. The van der Waals surface area contributed by atoms with Crippen molar-refractivity contribution in [2.45, 2.75) is 77.1 Å². The molecule has 0 bridgehead atoms. The van der Waals surface area contributed by atoms with Crippen molar-refractivity contribution in [3.05, 3.63) is 59.2 Å². The average molecular weight is 455 g/mol. The van der Waals surface area contributed by atoms with E-state index in [-0.39, 0.29) is 24.0 Å². The molecule has 2 N–H and O–H groups in total. The molecule has 0 radical (unpaired) electrons. The maximum Gasteiger partial charge on any atom is 0.407 e. The number of hydrogen-bond donors (Lipinski definition) is 2. The maximum atomic E-state index is 13.4. The minimum absolute atomic E-state index is 0.141. The van der Waals surface area contributed by atoms with Crippen LogP contribution in [-0.4, -0.2) is 33.7 Å². The van der Waals surface area contributed by atoms with Gasteiger partial charge in [0.25, 0.3) is 0 Å². The van der Waals surface area contributed by atoms with Crippen LogP contribution in [-0.2, 0) is 17.8 Å². The number of alkyl carbamates (subject to hydrolysis) is 1. The van der Waals surface area contributed by atoms with E-state index in [1.807, 2.05) is 32.9 Å². The molecule has 3 amide bonds. The number of aromatic nitrogens is 1. The molecule has 1 aromatic carbocycles. The van der Waals surface area contributed by atoms with Gasteiger partial charge in [0.2, 0.25) is 0 Å². The highest BCUT2D eigenvalue weighted by atomic mass is 19.1. The molecule has 1 aromatic heterocycles. The lowest BCUT2D eigenvalue weighted by atomic mass is 9.82. The third kappa shape index (κ3) is 6.00. The summed E-state index contributed by atoms with van der Waals surface area (Å²) in [5, 5.41) is 5.89. The highest BCUT2D eigenvalue weighted by Crippen LogP contribution is 2.33. The molecule has 0 atom stereocenters. The van der Waals surface area contributed by atoms with Crippen molar-refractivity contribution in [3.63, 3.8) is 0 Å². The summed E-state index contributed by atoms with van der Waals surface area (Å²) in [7, 11) is 0. The monoisotopic (exact) mass is 454 g/mol. The number of carbonyl (C=O) groups excluding carboxylic acids is 2. The van der Waals surface area contributed by atoms with Gasteiger partial charge in [-0.15, -0.1) is 0 Å². The predicted octanol–water partition coefficient (Wildman–Crippen LogP) is 5.32. The van der Waals surface area contributed by atoms with Gasteiger partial charge in [-0.05, 0) is 81.7 Å². The molecule has 2 heterocycles. The fourth-order valence-corrected chi connectivity index (χ4v) is 4.46. The summed E-state index contributed by atoms with van der Waals surface area (Å²) in [4.78, 5) is 30.3. The first-order chi connectivity index (χ1) is 15.7. The van der Waals surface area contributed by atoms with Crippen molar-refractivity contribution in [2.75, 3.05) is 5.32 Å². The van der Waals surface area contributed by atoms with Crippen LogP contribution in [0, 0.1) is 5.82 Å². The van der Waals surface area contributed by atoms with Crippen LogP contribution in [0.5, 0.6) is 0 Å². The molecular weight excluding hydrogens is 423 g/mol. The van der Waals surface area contributed by atoms with Crippen molar-refractivity contribution >= 4 is 17.8 Å². The van der Waals surface area contributed by atoms with E-state index in [0.29, 0.717) is 19.0 Å². The van der Waals surface area contributed by atoms with Crippen LogP contribution in [0.4, 0.5) is 19.7 Å². The zero-order valence-electron chi connectivity index (χ0n) is 19.4. The number of hydrogen-bond acceptors (Lipinski definition) is 4. The van der Waals surface area contributed by atoms with Gasteiger partial charge < -0.3 is 20.3 Å². The van der Waals surface area contributed by atoms with Crippen LogP contribution in [0.1, 0.15) is 69.2 Å². The number of fused-ring (bicyclic) bond motifs is 1. The second-order valence-corrected chi connectivity index (χ2v) is 9.86. The molecule has 33 heavy (non-hydrogen) atoms. The van der Waals surface area contributed by atoms with Crippen LogP contribution in [0.25, 0.3) is 0 Å². The number of nitrogens with one attached hydrogen (secondary N) is 2. The van der Waals surface area contributed by atoms with Crippen molar-refractivity contribution < 1.29 is 18.7 Å². The summed E-state index contributed by atoms with van der Waals surface area (Å²) in [5.41, 5.74) is 2.94. The number of halogens is 1. The molecule has 2 aliphatic rings. The molecule has 1 saturated carbocycles. The van der Waals surface area contributed by atoms with E-state index >= 15 is 0 Å². The van der Waals surface area contributed by atoms with Crippen molar-refractivity contribution in [1.82, 2.24) is 15.2 Å². The molecule has 1 aliphatic heterocycles. The number of urea groups is 1. The first-order valence-electron chi connectivity index (χ1n) is 11.4. The topological polar surface area (TPSA) is 83.6 Å². The summed E-state index contributed by atoms with van der Waals surface area (Å²) in [6.45, 7) is 6.30. The average Bonchev–Trinajstić information content (AvgIpc) is 3.17. The lowest BCUT2D eigenvalue weighted by molar-refractivity contribution is 0.0491. The van der Waals surface area contributed by atoms with E-state index in [4.69, 9.17) is 4.74 Å². The Bertz CT molecular complexity index is 1010. The third-order valence-corrected chi connectivity index (χ3v) is 6.10. The Balaban J connectivity index is 1.25. The number of benzene rings is 1. The van der Waals surface area contributed by atoms with Gasteiger partial charge in [0.1, 0.15) is 11.4 Å². The van der Waals surface area contributed by atoms with E-state index in [1.54, 1.807) is 4.90 Å². The van der Waals surface area contributed by atoms with E-state index in [1.165, 1.54) is 17.8 Å². The van der Waals surface area contributed by atoms with Gasteiger partial charge in [0.15, 0.2) is 0 Å². The van der Waals surface area contributed by atoms with Gasteiger partial charge in [0.05, 0.1) is 18.4 Å². The van der Waals surface area contributed by atoms with Crippen LogP contribution >= 0.6 is 0 Å². The zero-order chi connectivity index (χ0) is 23.6. The van der Waals surface area contributed by atoms with Gasteiger partial charge in [-0.25, -0.2) is 14.0 Å². The first kappa shape index (κ1) is 23.0. The van der Waals surface area contributed by atoms with Crippen LogP contribution in [0.3, 0.4) is 0 Å². The Morgan fingerprint density at radius 2 is 1.79 bits per heavy atom. The number of anilines is 1. The number of ether oxygens (including phenoxy) is 1. The van der Waals surface area contributed by atoms with Crippen molar-refractivity contribution in [1.29, 1.82) is 0 Å². The number of pyridine rings is 1. The minimum Gasteiger partial charge on any atom is -0.444 e. The molecular formula is C25H31FN4O3. The van der Waals surface area contributed by atoms with Crippen LogP contribution in [0.2, 0.25) is 0 Å². The van der Waals surface area contributed by atoms with Crippen LogP contribution < -0.4 is 10.6 Å². The van der Waals surface area contributed by atoms with E-state index in [9.17, 15) is 14.0 Å². The SMILES string of the molecule is CC(C)(C)OC(=O)NC1CCC(c2ccc(NC(=O)N3Cc4cc(F)cnc4C3)cc2)CC1. The summed E-state index contributed by atoms with van der Waals surface area (Å²) >= 11 is 0. The van der Waals surface area contributed by atoms with Gasteiger partial charge in [0, 0.05) is 18.3 Å². The molecule has 7 nitrogen and oxygen atoms in total. The minimum atomic E-state index is -0.494. The maximum absolute atomic E-state index is 13.4. The fourth-order valence-electron chi connectivity index (χ4n) is 4.46. The highest BCUT2D eigenvalue weighted by Gasteiger charge is 2.27. The van der Waals surface area contributed by atoms with E-state index < -0.39 is 5.60 Å². The Hall–Kier alpha value is -3.16. The molecule has 0 unspecified atom stereocenters. The molecule has 2 aromatic rings. The molecule has 1 aliphatic carbocycles. The Morgan fingerprint density at radius 3 is 2.45 bits per heavy atom. The first-order valence-corrected chi connectivity index (χ1v) is 11.4. The Labute approximate surface area is 193 Å². The van der Waals surface area contributed by atoms with E-state index in [0.717, 1.165) is 42.6 Å². The smallest absolute Gasteiger partial charge is 0.407 e. The molecule has 176 valence electrons. The molecule has 8 heteroatoms. The Kier molecular flexibility index (Phi) is 6.54. The van der Waals surface area contributed by atoms with Gasteiger partial charge in [-0.1, -0.05) is 12.1 Å². The number of amides is 3. The second kappa shape index (κ2) is 9.37. The molecule has 0 saturated heterocycles. The second-order valence-electron chi connectivity index (χ2n) is 9.86. The lowest BCUT2D eigenvalue weighted by Gasteiger charge is -2.30. The summed E-state index contributed by atoms with van der Waals surface area (Å²) in [6, 6.07) is 9.29.